The van der Waals surface area contributed by atoms with E-state index in [1.54, 1.807) is 6.20 Å². The molecule has 2 heterocycles. The van der Waals surface area contributed by atoms with Gasteiger partial charge in [0.2, 0.25) is 5.91 Å². The average molecular weight is 326 g/mol. The predicted molar refractivity (Wildman–Crippen MR) is 94.3 cm³/mol. The first-order chi connectivity index (χ1) is 11.5. The van der Waals surface area contributed by atoms with Crippen LogP contribution in [0.3, 0.4) is 0 Å². The van der Waals surface area contributed by atoms with Crippen molar-refractivity contribution in [2.24, 2.45) is 5.92 Å². The lowest BCUT2D eigenvalue weighted by atomic mass is 9.96. The number of aryl methyl sites for hydroxylation is 2. The third-order valence-electron chi connectivity index (χ3n) is 4.58. The molecular weight excluding hydrogens is 304 g/mol. The molecule has 0 unspecified atom stereocenters. The molecule has 1 aliphatic rings. The number of hydrogen-bond donors (Lipinski definition) is 2. The van der Waals surface area contributed by atoms with Gasteiger partial charge in [-0.1, -0.05) is 6.07 Å². The van der Waals surface area contributed by atoms with Gasteiger partial charge in [0.15, 0.2) is 0 Å². The van der Waals surface area contributed by atoms with Crippen LogP contribution in [-0.4, -0.2) is 29.2 Å². The van der Waals surface area contributed by atoms with Crippen LogP contribution >= 0.6 is 0 Å². The number of aromatic amines is 1. The second kappa shape index (κ2) is 6.86. The first-order valence-electron chi connectivity index (χ1n) is 8.21. The Morgan fingerprint density at radius 2 is 2.12 bits per heavy atom. The van der Waals surface area contributed by atoms with Crippen molar-refractivity contribution in [3.63, 3.8) is 0 Å². The first-order valence-corrected chi connectivity index (χ1v) is 8.21. The van der Waals surface area contributed by atoms with Gasteiger partial charge >= 0.3 is 0 Å². The Morgan fingerprint density at radius 3 is 2.88 bits per heavy atom. The van der Waals surface area contributed by atoms with Gasteiger partial charge in [0.1, 0.15) is 0 Å². The Balaban J connectivity index is 1.68. The van der Waals surface area contributed by atoms with Crippen molar-refractivity contribution in [3.05, 3.63) is 51.9 Å². The fraction of sp³-hybridized carbons (Fsp3) is 0.389. The molecule has 6 nitrogen and oxygen atoms in total. The number of nitrogens with zero attached hydrogens (tertiary/aromatic N) is 2. The Bertz CT molecular complexity index is 800. The molecule has 1 aromatic heterocycles. The van der Waals surface area contributed by atoms with Crippen LogP contribution in [0.25, 0.3) is 0 Å². The van der Waals surface area contributed by atoms with E-state index in [1.165, 1.54) is 11.6 Å². The molecule has 3 rings (SSSR count). The van der Waals surface area contributed by atoms with Gasteiger partial charge in [-0.05, 0) is 49.9 Å². The number of aromatic nitrogens is 2. The lowest BCUT2D eigenvalue weighted by molar-refractivity contribution is -0.120. The smallest absolute Gasteiger partial charge is 0.266 e. The molecule has 2 N–H and O–H groups in total. The van der Waals surface area contributed by atoms with E-state index in [4.69, 9.17) is 0 Å². The maximum absolute atomic E-state index is 12.6. The zero-order valence-electron chi connectivity index (χ0n) is 14.0. The number of anilines is 2. The van der Waals surface area contributed by atoms with Gasteiger partial charge in [0.25, 0.3) is 5.56 Å². The van der Waals surface area contributed by atoms with Crippen molar-refractivity contribution < 1.29 is 4.79 Å². The van der Waals surface area contributed by atoms with Crippen molar-refractivity contribution in [1.29, 1.82) is 0 Å². The summed E-state index contributed by atoms with van der Waals surface area (Å²) < 4.78 is 0. The normalized spacial score (nSPS) is 17.6. The quantitative estimate of drug-likeness (QED) is 0.907. The van der Waals surface area contributed by atoms with E-state index < -0.39 is 0 Å². The second-order valence-corrected chi connectivity index (χ2v) is 6.38. The molecule has 6 heteroatoms. The highest BCUT2D eigenvalue weighted by molar-refractivity contribution is 5.93. The molecule has 1 atom stereocenters. The van der Waals surface area contributed by atoms with Gasteiger partial charge in [0, 0.05) is 24.8 Å². The summed E-state index contributed by atoms with van der Waals surface area (Å²) >= 11 is 0. The molecule has 1 saturated heterocycles. The topological polar surface area (TPSA) is 78.1 Å². The van der Waals surface area contributed by atoms with E-state index >= 15 is 0 Å². The van der Waals surface area contributed by atoms with Crippen LogP contribution in [0.2, 0.25) is 0 Å². The highest BCUT2D eigenvalue weighted by Crippen LogP contribution is 2.23. The third-order valence-corrected chi connectivity index (χ3v) is 4.58. The molecule has 1 aliphatic heterocycles. The minimum Gasteiger partial charge on any atom is -0.369 e. The third kappa shape index (κ3) is 3.64. The van der Waals surface area contributed by atoms with Crippen LogP contribution in [0.5, 0.6) is 0 Å². The predicted octanol–water partition coefficient (Wildman–Crippen LogP) is 2.24. The molecule has 24 heavy (non-hydrogen) atoms. The molecule has 0 spiro atoms. The van der Waals surface area contributed by atoms with Gasteiger partial charge in [-0.3, -0.25) is 9.59 Å². The van der Waals surface area contributed by atoms with Gasteiger partial charge < -0.3 is 10.2 Å². The fourth-order valence-electron chi connectivity index (χ4n) is 3.03. The lowest BCUT2D eigenvalue weighted by Crippen LogP contribution is -2.41. The van der Waals surface area contributed by atoms with Crippen LogP contribution in [0.1, 0.15) is 24.0 Å². The summed E-state index contributed by atoms with van der Waals surface area (Å²) in [6, 6.07) is 7.46. The molecule has 0 bridgehead atoms. The Morgan fingerprint density at radius 1 is 1.29 bits per heavy atom. The van der Waals surface area contributed by atoms with Gasteiger partial charge in [-0.15, -0.1) is 0 Å². The second-order valence-electron chi connectivity index (χ2n) is 6.38. The van der Waals surface area contributed by atoms with E-state index in [9.17, 15) is 9.59 Å². The number of amides is 1. The first kappa shape index (κ1) is 16.2. The number of rotatable bonds is 3. The minimum atomic E-state index is -0.228. The summed E-state index contributed by atoms with van der Waals surface area (Å²) in [5, 5.41) is 9.22. The molecule has 1 fully saturated rings. The number of benzene rings is 1. The number of carbonyl (C=O) groups is 1. The van der Waals surface area contributed by atoms with Crippen molar-refractivity contribution in [2.75, 3.05) is 23.3 Å². The molecule has 1 amide bonds. The maximum atomic E-state index is 12.6. The zero-order valence-corrected chi connectivity index (χ0v) is 14.0. The monoisotopic (exact) mass is 326 g/mol. The SMILES string of the molecule is Cc1ccc(NC(=O)[C@@H]2CCCN(c3cn[nH]c(=O)c3)C2)cc1C. The number of hydrogen-bond acceptors (Lipinski definition) is 4. The molecule has 126 valence electrons. The highest BCUT2D eigenvalue weighted by atomic mass is 16.2. The Labute approximate surface area is 140 Å². The lowest BCUT2D eigenvalue weighted by Gasteiger charge is -2.33. The standard InChI is InChI=1S/C18H22N4O2/c1-12-5-6-15(8-13(12)2)20-18(24)14-4-3-7-22(11-14)16-9-17(23)21-19-10-16/h5-6,8-10,14H,3-4,7,11H2,1-2H3,(H,20,24)(H,21,23)/t14-/m1/s1. The van der Waals surface area contributed by atoms with E-state index in [1.807, 2.05) is 25.1 Å². The van der Waals surface area contributed by atoms with Crippen LogP contribution < -0.4 is 15.8 Å². The van der Waals surface area contributed by atoms with Crippen molar-refractivity contribution in [2.45, 2.75) is 26.7 Å². The summed E-state index contributed by atoms with van der Waals surface area (Å²) in [6.07, 6.45) is 3.40. The molecule has 0 saturated carbocycles. The largest absolute Gasteiger partial charge is 0.369 e. The molecule has 0 radical (unpaired) electrons. The summed E-state index contributed by atoms with van der Waals surface area (Å²) in [5.74, 6) is -0.0691. The van der Waals surface area contributed by atoms with E-state index in [2.05, 4.69) is 27.3 Å². The molecular formula is C18H22N4O2. The number of piperidine rings is 1. The summed E-state index contributed by atoms with van der Waals surface area (Å²) in [5.41, 5.74) is 3.74. The van der Waals surface area contributed by atoms with Crippen molar-refractivity contribution in [1.82, 2.24) is 10.2 Å². The van der Waals surface area contributed by atoms with E-state index in [-0.39, 0.29) is 17.4 Å². The van der Waals surface area contributed by atoms with Crippen molar-refractivity contribution in [3.8, 4) is 0 Å². The molecule has 0 aliphatic carbocycles. The van der Waals surface area contributed by atoms with Crippen LogP contribution in [0, 0.1) is 19.8 Å². The van der Waals surface area contributed by atoms with Gasteiger partial charge in [0.05, 0.1) is 17.8 Å². The summed E-state index contributed by atoms with van der Waals surface area (Å²) in [6.45, 7) is 5.52. The van der Waals surface area contributed by atoms with Crippen LogP contribution in [-0.2, 0) is 4.79 Å². The minimum absolute atomic E-state index is 0.0285. The molecule has 1 aromatic carbocycles. The number of carbonyl (C=O) groups excluding carboxylic acids is 1. The Hall–Kier alpha value is -2.63. The maximum Gasteiger partial charge on any atom is 0.266 e. The zero-order chi connectivity index (χ0) is 17.1. The van der Waals surface area contributed by atoms with Crippen LogP contribution in [0.15, 0.2) is 35.3 Å². The van der Waals surface area contributed by atoms with Gasteiger partial charge in [-0.2, -0.15) is 5.10 Å². The van der Waals surface area contributed by atoms with Gasteiger partial charge in [-0.25, -0.2) is 5.10 Å². The van der Waals surface area contributed by atoms with E-state index in [0.29, 0.717) is 6.54 Å². The Kier molecular flexibility index (Phi) is 4.64. The summed E-state index contributed by atoms with van der Waals surface area (Å²) in [7, 11) is 0. The summed E-state index contributed by atoms with van der Waals surface area (Å²) in [4.78, 5) is 26.1. The fourth-order valence-corrected chi connectivity index (χ4v) is 3.03. The van der Waals surface area contributed by atoms with Crippen molar-refractivity contribution >= 4 is 17.3 Å². The number of nitrogens with one attached hydrogen (secondary N) is 2. The van der Waals surface area contributed by atoms with E-state index in [0.717, 1.165) is 36.3 Å². The average Bonchev–Trinajstić information content (AvgIpc) is 2.58. The number of H-pyrrole nitrogens is 1. The molecule has 2 aromatic rings. The van der Waals surface area contributed by atoms with Crippen LogP contribution in [0.4, 0.5) is 11.4 Å². The highest BCUT2D eigenvalue weighted by Gasteiger charge is 2.26.